The van der Waals surface area contributed by atoms with Crippen LogP contribution in [-0.4, -0.2) is 5.78 Å². The summed E-state index contributed by atoms with van der Waals surface area (Å²) in [5.41, 5.74) is 3.91. The fourth-order valence-corrected chi connectivity index (χ4v) is 2.10. The van der Waals surface area contributed by atoms with E-state index in [2.05, 4.69) is 0 Å². The molecule has 0 aliphatic heterocycles. The lowest BCUT2D eigenvalue weighted by Crippen LogP contribution is -1.95. The first-order valence-corrected chi connectivity index (χ1v) is 5.83. The average Bonchev–Trinajstić information content (AvgIpc) is 2.28. The number of carbonyl (C=O) groups is 1. The lowest BCUT2D eigenvalue weighted by molar-refractivity contribution is 0.101. The predicted octanol–water partition coefficient (Wildman–Crippen LogP) is 4.52. The van der Waals surface area contributed by atoms with E-state index in [1.807, 2.05) is 49.4 Å². The third kappa shape index (κ3) is 2.56. The summed E-state index contributed by atoms with van der Waals surface area (Å²) in [6, 6.07) is 13.5. The maximum Gasteiger partial charge on any atom is 0.160 e. The van der Waals surface area contributed by atoms with Crippen LogP contribution in [0.3, 0.4) is 0 Å². The van der Waals surface area contributed by atoms with Crippen LogP contribution in [0.2, 0.25) is 5.02 Å². The van der Waals surface area contributed by atoms with Crippen LogP contribution in [0.25, 0.3) is 11.1 Å². The number of carbonyl (C=O) groups excluding carboxylic acids is 1. The maximum absolute atomic E-state index is 11.3. The molecule has 0 saturated heterocycles. The normalized spacial score (nSPS) is 10.3. The summed E-state index contributed by atoms with van der Waals surface area (Å²) in [6.45, 7) is 3.53. The molecule has 0 radical (unpaired) electrons. The molecule has 0 aromatic heterocycles. The quantitative estimate of drug-likeness (QED) is 0.710. The molecule has 0 heterocycles. The molecule has 2 aromatic carbocycles. The number of hydrogen-bond acceptors (Lipinski definition) is 1. The lowest BCUT2D eigenvalue weighted by Gasteiger charge is -2.06. The second-order valence-corrected chi connectivity index (χ2v) is 4.53. The maximum atomic E-state index is 11.3. The minimum absolute atomic E-state index is 0.0974. The first kappa shape index (κ1) is 11.9. The van der Waals surface area contributed by atoms with Gasteiger partial charge in [0.25, 0.3) is 0 Å². The summed E-state index contributed by atoms with van der Waals surface area (Å²) in [7, 11) is 0. The smallest absolute Gasteiger partial charge is 0.160 e. The van der Waals surface area contributed by atoms with Crippen molar-refractivity contribution in [1.29, 1.82) is 0 Å². The summed E-state index contributed by atoms with van der Waals surface area (Å²) < 4.78 is 0. The van der Waals surface area contributed by atoms with Gasteiger partial charge in [0.05, 0.1) is 0 Å². The van der Waals surface area contributed by atoms with Crippen molar-refractivity contribution in [3.8, 4) is 11.1 Å². The monoisotopic (exact) mass is 244 g/mol. The van der Waals surface area contributed by atoms with Gasteiger partial charge in [-0.15, -0.1) is 0 Å². The Balaban J connectivity index is 2.48. The fraction of sp³-hybridized carbons (Fsp3) is 0.133. The Morgan fingerprint density at radius 3 is 2.35 bits per heavy atom. The van der Waals surface area contributed by atoms with Crippen molar-refractivity contribution < 1.29 is 4.79 Å². The van der Waals surface area contributed by atoms with Gasteiger partial charge in [0, 0.05) is 10.6 Å². The third-order valence-corrected chi connectivity index (χ3v) is 3.00. The van der Waals surface area contributed by atoms with Gasteiger partial charge in [0.15, 0.2) is 5.78 Å². The Morgan fingerprint density at radius 1 is 1.06 bits per heavy atom. The van der Waals surface area contributed by atoms with Crippen LogP contribution in [0.1, 0.15) is 22.8 Å². The third-order valence-electron chi connectivity index (χ3n) is 2.76. The topological polar surface area (TPSA) is 17.1 Å². The molecule has 17 heavy (non-hydrogen) atoms. The van der Waals surface area contributed by atoms with Gasteiger partial charge >= 0.3 is 0 Å². The highest BCUT2D eigenvalue weighted by Crippen LogP contribution is 2.24. The number of benzene rings is 2. The number of aryl methyl sites for hydroxylation is 1. The van der Waals surface area contributed by atoms with E-state index in [0.717, 1.165) is 27.3 Å². The van der Waals surface area contributed by atoms with Crippen molar-refractivity contribution >= 4 is 17.4 Å². The van der Waals surface area contributed by atoms with E-state index in [1.165, 1.54) is 0 Å². The molecule has 86 valence electrons. The summed E-state index contributed by atoms with van der Waals surface area (Å²) in [5.74, 6) is 0.0974. The average molecular weight is 245 g/mol. The standard InChI is InChI=1S/C15H13ClO/c1-10-8-13(6-7-15(10)11(2)17)12-4-3-5-14(16)9-12/h3-9H,1-2H3. The molecule has 1 nitrogen and oxygen atoms in total. The largest absolute Gasteiger partial charge is 0.295 e. The molecular weight excluding hydrogens is 232 g/mol. The van der Waals surface area contributed by atoms with E-state index in [0.29, 0.717) is 0 Å². The molecule has 0 aliphatic carbocycles. The van der Waals surface area contributed by atoms with Crippen molar-refractivity contribution in [2.75, 3.05) is 0 Å². The Kier molecular flexibility index (Phi) is 3.30. The van der Waals surface area contributed by atoms with E-state index in [-0.39, 0.29) is 5.78 Å². The van der Waals surface area contributed by atoms with Crippen LogP contribution >= 0.6 is 11.6 Å². The van der Waals surface area contributed by atoms with Crippen molar-refractivity contribution in [2.45, 2.75) is 13.8 Å². The number of halogens is 1. The summed E-state index contributed by atoms with van der Waals surface area (Å²) in [5, 5.41) is 0.718. The molecular formula is C15H13ClO. The van der Waals surface area contributed by atoms with Gasteiger partial charge in [-0.3, -0.25) is 4.79 Å². The minimum atomic E-state index is 0.0974. The van der Waals surface area contributed by atoms with E-state index in [9.17, 15) is 4.79 Å². The molecule has 0 unspecified atom stereocenters. The van der Waals surface area contributed by atoms with E-state index in [1.54, 1.807) is 6.92 Å². The number of Topliss-reactive ketones (excluding diaryl/α,β-unsaturated/α-hetero) is 1. The SMILES string of the molecule is CC(=O)c1ccc(-c2cccc(Cl)c2)cc1C. The van der Waals surface area contributed by atoms with Gasteiger partial charge in [0.2, 0.25) is 0 Å². The molecule has 0 aliphatic rings. The Labute approximate surface area is 106 Å². The molecule has 2 heteroatoms. The van der Waals surface area contributed by atoms with Crippen LogP contribution in [0, 0.1) is 6.92 Å². The van der Waals surface area contributed by atoms with Crippen molar-refractivity contribution in [1.82, 2.24) is 0 Å². The predicted molar refractivity (Wildman–Crippen MR) is 71.6 cm³/mol. The second-order valence-electron chi connectivity index (χ2n) is 4.10. The number of hydrogen-bond donors (Lipinski definition) is 0. The highest BCUT2D eigenvalue weighted by atomic mass is 35.5. The molecule has 0 N–H and O–H groups in total. The fourth-order valence-electron chi connectivity index (χ4n) is 1.91. The van der Waals surface area contributed by atoms with E-state index in [4.69, 9.17) is 11.6 Å². The molecule has 0 amide bonds. The number of ketones is 1. The van der Waals surface area contributed by atoms with Crippen LogP contribution in [0.15, 0.2) is 42.5 Å². The molecule has 0 spiro atoms. The first-order valence-electron chi connectivity index (χ1n) is 5.45. The number of rotatable bonds is 2. The summed E-state index contributed by atoms with van der Waals surface area (Å²) >= 11 is 5.96. The summed E-state index contributed by atoms with van der Waals surface area (Å²) in [6.07, 6.45) is 0. The van der Waals surface area contributed by atoms with Crippen molar-refractivity contribution in [3.63, 3.8) is 0 Å². The highest BCUT2D eigenvalue weighted by molar-refractivity contribution is 6.30. The highest BCUT2D eigenvalue weighted by Gasteiger charge is 2.05. The minimum Gasteiger partial charge on any atom is -0.295 e. The van der Waals surface area contributed by atoms with Gasteiger partial charge < -0.3 is 0 Å². The first-order chi connectivity index (χ1) is 8.08. The van der Waals surface area contributed by atoms with E-state index < -0.39 is 0 Å². The van der Waals surface area contributed by atoms with Crippen molar-refractivity contribution in [3.05, 3.63) is 58.6 Å². The molecule has 0 fully saturated rings. The zero-order chi connectivity index (χ0) is 12.4. The zero-order valence-electron chi connectivity index (χ0n) is 9.83. The molecule has 0 saturated carbocycles. The Hall–Kier alpha value is -1.60. The van der Waals surface area contributed by atoms with Crippen LogP contribution in [0.5, 0.6) is 0 Å². The van der Waals surface area contributed by atoms with Gasteiger partial charge in [-0.25, -0.2) is 0 Å². The summed E-state index contributed by atoms with van der Waals surface area (Å²) in [4.78, 5) is 11.3. The van der Waals surface area contributed by atoms with Crippen LogP contribution < -0.4 is 0 Å². The molecule has 0 atom stereocenters. The Morgan fingerprint density at radius 2 is 1.76 bits per heavy atom. The second kappa shape index (κ2) is 4.72. The van der Waals surface area contributed by atoms with E-state index >= 15 is 0 Å². The Bertz CT molecular complexity index is 573. The van der Waals surface area contributed by atoms with Crippen LogP contribution in [0.4, 0.5) is 0 Å². The zero-order valence-corrected chi connectivity index (χ0v) is 10.6. The van der Waals surface area contributed by atoms with Gasteiger partial charge in [0.1, 0.15) is 0 Å². The molecule has 0 bridgehead atoms. The lowest BCUT2D eigenvalue weighted by atomic mass is 9.98. The van der Waals surface area contributed by atoms with Crippen molar-refractivity contribution in [2.24, 2.45) is 0 Å². The van der Waals surface area contributed by atoms with Crippen LogP contribution in [-0.2, 0) is 0 Å². The molecule has 2 aromatic rings. The van der Waals surface area contributed by atoms with Gasteiger partial charge in [-0.05, 0) is 42.7 Å². The van der Waals surface area contributed by atoms with Gasteiger partial charge in [-0.2, -0.15) is 0 Å². The molecule has 2 rings (SSSR count). The van der Waals surface area contributed by atoms with Gasteiger partial charge in [-0.1, -0.05) is 41.9 Å².